The van der Waals surface area contributed by atoms with Crippen molar-refractivity contribution in [1.29, 1.82) is 0 Å². The third-order valence-corrected chi connectivity index (χ3v) is 7.77. The van der Waals surface area contributed by atoms with E-state index < -0.39 is 11.4 Å². The summed E-state index contributed by atoms with van der Waals surface area (Å²) in [5, 5.41) is 3.97. The minimum absolute atomic E-state index is 0.0314. The maximum absolute atomic E-state index is 6.08. The number of nitrogens with one attached hydrogen (secondary N) is 1. The van der Waals surface area contributed by atoms with Gasteiger partial charge in [0.15, 0.2) is 11.6 Å². The Bertz CT molecular complexity index is 1200. The van der Waals surface area contributed by atoms with Crippen molar-refractivity contribution in [2.45, 2.75) is 25.2 Å². The molecule has 0 unspecified atom stereocenters. The molecule has 0 fully saturated rings. The summed E-state index contributed by atoms with van der Waals surface area (Å²) in [5.41, 5.74) is 1.70. The third-order valence-electron chi connectivity index (χ3n) is 5.21. The van der Waals surface area contributed by atoms with E-state index in [1.165, 1.54) is 0 Å². The van der Waals surface area contributed by atoms with Crippen LogP contribution < -0.4 is 5.32 Å². The molecule has 0 aliphatic rings. The Morgan fingerprint density at radius 1 is 0.675 bits per heavy atom. The minimum atomic E-state index is -1.77. The average Bonchev–Trinajstić information content (AvgIpc) is 2.87. The van der Waals surface area contributed by atoms with Crippen LogP contribution in [0.3, 0.4) is 0 Å². The summed E-state index contributed by atoms with van der Waals surface area (Å²) in [6.07, 6.45) is 0. The predicted molar refractivity (Wildman–Crippen MR) is 176 cm³/mol. The second-order valence-corrected chi connectivity index (χ2v) is 15.6. The molecule has 3 rings (SSSR count). The molecule has 220 valence electrons. The molecule has 0 aliphatic heterocycles. The lowest BCUT2D eigenvalue weighted by Gasteiger charge is -2.18. The van der Waals surface area contributed by atoms with Crippen LogP contribution in [-0.2, 0) is 11.4 Å². The number of halogens is 11. The first-order valence-electron chi connectivity index (χ1n) is 11.4. The maximum Gasteiger partial charge on any atom is 0.250 e. The van der Waals surface area contributed by atoms with Crippen molar-refractivity contribution >= 4 is 134 Å². The van der Waals surface area contributed by atoms with Crippen molar-refractivity contribution in [2.75, 3.05) is 31.5 Å². The maximum atomic E-state index is 6.08. The summed E-state index contributed by atoms with van der Waals surface area (Å²) in [6, 6.07) is 11.5. The van der Waals surface area contributed by atoms with Crippen molar-refractivity contribution in [1.82, 2.24) is 19.9 Å². The van der Waals surface area contributed by atoms with Crippen molar-refractivity contribution in [2.24, 2.45) is 0 Å². The number of aromatic nitrogens is 3. The zero-order valence-electron chi connectivity index (χ0n) is 20.8. The van der Waals surface area contributed by atoms with Gasteiger partial charge in [-0.25, -0.2) is 4.98 Å². The molecule has 1 heterocycles. The van der Waals surface area contributed by atoms with Crippen molar-refractivity contribution < 1.29 is 0 Å². The Morgan fingerprint density at radius 3 is 1.62 bits per heavy atom. The number of hydrogen-bond acceptors (Lipinski definition) is 5. The van der Waals surface area contributed by atoms with Gasteiger partial charge in [-0.2, -0.15) is 9.97 Å². The Hall–Kier alpha value is 0.400. The van der Waals surface area contributed by atoms with Gasteiger partial charge in [0.1, 0.15) is 0 Å². The normalized spacial score (nSPS) is 12.2. The minimum Gasteiger partial charge on any atom is -0.353 e. The highest BCUT2D eigenvalue weighted by Crippen LogP contribution is 2.42. The Labute approximate surface area is 288 Å². The topological polar surface area (TPSA) is 53.9 Å². The summed E-state index contributed by atoms with van der Waals surface area (Å²) in [6.45, 7) is 7.62. The fraction of sp³-hybridized carbons (Fsp3) is 0.375. The first-order valence-corrected chi connectivity index (χ1v) is 15.6. The van der Waals surface area contributed by atoms with Crippen LogP contribution in [0.15, 0.2) is 42.5 Å². The molecule has 3 aromatic rings. The largest absolute Gasteiger partial charge is 0.353 e. The van der Waals surface area contributed by atoms with Gasteiger partial charge in [-0.05, 0) is 31.3 Å². The number of anilines is 1. The highest BCUT2D eigenvalue weighted by molar-refractivity contribution is 6.67. The summed E-state index contributed by atoms with van der Waals surface area (Å²) >= 11 is 63.9. The van der Waals surface area contributed by atoms with E-state index in [1.54, 1.807) is 42.5 Å². The van der Waals surface area contributed by atoms with Gasteiger partial charge in [0.2, 0.25) is 17.3 Å². The summed E-state index contributed by atoms with van der Waals surface area (Å²) in [4.78, 5) is 15.1. The van der Waals surface area contributed by atoms with E-state index in [0.717, 1.165) is 19.6 Å². The van der Waals surface area contributed by atoms with Crippen LogP contribution in [-0.4, -0.2) is 46.0 Å². The van der Waals surface area contributed by atoms with E-state index in [-0.39, 0.29) is 5.82 Å². The molecule has 2 aromatic carbocycles. The van der Waals surface area contributed by atoms with Crippen LogP contribution in [0.4, 0.5) is 5.95 Å². The fourth-order valence-corrected chi connectivity index (χ4v) is 4.37. The van der Waals surface area contributed by atoms with Crippen LogP contribution >= 0.6 is 128 Å². The smallest absolute Gasteiger partial charge is 0.250 e. The summed E-state index contributed by atoms with van der Waals surface area (Å²) in [5.74, 6) is 0.698. The lowest BCUT2D eigenvalue weighted by Crippen LogP contribution is -2.29. The second-order valence-electron chi connectivity index (χ2n) is 7.96. The van der Waals surface area contributed by atoms with Crippen LogP contribution in [0.1, 0.15) is 30.8 Å². The highest BCUT2D eigenvalue weighted by atomic mass is 35.6. The Kier molecular flexibility index (Phi) is 14.6. The molecule has 0 saturated carbocycles. The standard InChI is InChI=1S/C16H18Cl5N5.C8H4Cl6/c1-3-26(4-2)8-7-22-15-24-13(23-14(25-15)16(19,20)21)10-5-6-11(17)12(18)9-10;9-7(10,11)5-1-2-6(4-3-5)8(12,13)14/h5-6,9H,3-4,7-8H2,1-2H3,(H,22,23,24,25);1-4H. The molecule has 1 aromatic heterocycles. The van der Waals surface area contributed by atoms with Crippen LogP contribution in [0, 0.1) is 0 Å². The van der Waals surface area contributed by atoms with Crippen molar-refractivity contribution in [3.05, 3.63) is 69.5 Å². The summed E-state index contributed by atoms with van der Waals surface area (Å²) in [7, 11) is 0. The van der Waals surface area contributed by atoms with Crippen LogP contribution in [0.5, 0.6) is 0 Å². The van der Waals surface area contributed by atoms with Gasteiger partial charge in [0, 0.05) is 29.8 Å². The molecule has 16 heteroatoms. The molecule has 1 N–H and O–H groups in total. The van der Waals surface area contributed by atoms with E-state index in [9.17, 15) is 0 Å². The van der Waals surface area contributed by atoms with Crippen molar-refractivity contribution in [3.63, 3.8) is 0 Å². The number of alkyl halides is 9. The molecule has 0 amide bonds. The van der Waals surface area contributed by atoms with Gasteiger partial charge < -0.3 is 10.2 Å². The van der Waals surface area contributed by atoms with Gasteiger partial charge in [0.25, 0.3) is 0 Å². The van der Waals surface area contributed by atoms with Crippen LogP contribution in [0.2, 0.25) is 10.0 Å². The van der Waals surface area contributed by atoms with E-state index in [0.29, 0.717) is 45.1 Å². The zero-order valence-corrected chi connectivity index (χ0v) is 29.1. The van der Waals surface area contributed by atoms with E-state index in [2.05, 4.69) is 39.0 Å². The summed E-state index contributed by atoms with van der Waals surface area (Å²) < 4.78 is -4.68. The third kappa shape index (κ3) is 11.8. The molecule has 0 bridgehead atoms. The lowest BCUT2D eigenvalue weighted by molar-refractivity contribution is 0.316. The molecule has 0 spiro atoms. The first-order chi connectivity index (χ1) is 18.5. The van der Waals surface area contributed by atoms with Gasteiger partial charge >= 0.3 is 0 Å². The predicted octanol–water partition coefficient (Wildman–Crippen LogP) is 10.8. The Morgan fingerprint density at radius 2 is 1.20 bits per heavy atom. The molecule has 5 nitrogen and oxygen atoms in total. The van der Waals surface area contributed by atoms with E-state index in [4.69, 9.17) is 128 Å². The number of benzene rings is 2. The molecule has 0 aliphatic carbocycles. The van der Waals surface area contributed by atoms with E-state index >= 15 is 0 Å². The Balaban J connectivity index is 0.000000337. The molecule has 0 atom stereocenters. The average molecular weight is 770 g/mol. The molecular weight excluding hydrogens is 748 g/mol. The van der Waals surface area contributed by atoms with E-state index in [1.807, 2.05) is 0 Å². The van der Waals surface area contributed by atoms with Gasteiger partial charge in [-0.1, -0.05) is 166 Å². The van der Waals surface area contributed by atoms with Gasteiger partial charge in [0.05, 0.1) is 10.0 Å². The number of rotatable bonds is 7. The van der Waals surface area contributed by atoms with Gasteiger partial charge in [-0.15, -0.1) is 0 Å². The van der Waals surface area contributed by atoms with Gasteiger partial charge in [-0.3, -0.25) is 0 Å². The lowest BCUT2D eigenvalue weighted by atomic mass is 10.2. The fourth-order valence-electron chi connectivity index (χ4n) is 3.06. The number of likely N-dealkylation sites (N-methyl/N-ethyl adjacent to an activating group) is 1. The quantitative estimate of drug-likeness (QED) is 0.243. The molecule has 0 radical (unpaired) electrons. The van der Waals surface area contributed by atoms with Crippen LogP contribution in [0.25, 0.3) is 11.4 Å². The molecule has 0 saturated heterocycles. The number of nitrogens with zero attached hydrogens (tertiary/aromatic N) is 4. The monoisotopic (exact) mass is 765 g/mol. The zero-order chi connectivity index (χ0) is 30.3. The highest BCUT2D eigenvalue weighted by Gasteiger charge is 2.29. The number of hydrogen-bond donors (Lipinski definition) is 1. The van der Waals surface area contributed by atoms with Crippen molar-refractivity contribution in [3.8, 4) is 11.4 Å². The molecular formula is C24H22Cl11N5. The first kappa shape index (κ1) is 36.6. The molecule has 40 heavy (non-hydrogen) atoms. The second kappa shape index (κ2) is 15.9. The SMILES string of the molecule is CCN(CC)CCNc1nc(-c2ccc(Cl)c(Cl)c2)nc(C(Cl)(Cl)Cl)n1.ClC(Cl)(Cl)c1ccc(C(Cl)(Cl)Cl)cc1.